The number of benzene rings is 1. The van der Waals surface area contributed by atoms with Crippen molar-refractivity contribution in [3.8, 4) is 0 Å². The molecule has 0 spiro atoms. The zero-order valence-electron chi connectivity index (χ0n) is 12.4. The Labute approximate surface area is 113 Å². The molecule has 1 saturated carbocycles. The summed E-state index contributed by atoms with van der Waals surface area (Å²) in [6.45, 7) is 6.68. The molecule has 19 heavy (non-hydrogen) atoms. The molecule has 0 radical (unpaired) electrons. The summed E-state index contributed by atoms with van der Waals surface area (Å²) >= 11 is 0. The Kier molecular flexibility index (Phi) is 2.47. The molecule has 2 aromatic rings. The number of aromatic nitrogens is 2. The topological polar surface area (TPSA) is 26.9 Å². The molecule has 1 aromatic carbocycles. The predicted molar refractivity (Wildman–Crippen MR) is 78.8 cm³/mol. The van der Waals surface area contributed by atoms with Crippen molar-refractivity contribution in [2.45, 2.75) is 44.9 Å². The van der Waals surface area contributed by atoms with Gasteiger partial charge in [0.15, 0.2) is 0 Å². The smallest absolute Gasteiger partial charge is 0.295 e. The molecule has 3 heteroatoms. The molecule has 1 aliphatic rings. The first-order valence-electron chi connectivity index (χ1n) is 7.00. The number of fused-ring (bicyclic) bond motifs is 1. The summed E-state index contributed by atoms with van der Waals surface area (Å²) in [6.07, 6.45) is 2.51. The molecule has 0 aliphatic heterocycles. The van der Waals surface area contributed by atoms with Crippen LogP contribution in [0.5, 0.6) is 0 Å². The van der Waals surface area contributed by atoms with Crippen LogP contribution in [-0.2, 0) is 19.5 Å². The summed E-state index contributed by atoms with van der Waals surface area (Å²) in [7, 11) is 3.75. The van der Waals surface area contributed by atoms with Crippen LogP contribution < -0.4 is 5.69 Å². The van der Waals surface area contributed by atoms with E-state index in [1.165, 1.54) is 24.0 Å². The number of rotatable bonds is 1. The Bertz CT molecular complexity index is 709. The Morgan fingerprint density at radius 1 is 1.11 bits per heavy atom. The molecular formula is C16H22N2O. The van der Waals surface area contributed by atoms with Gasteiger partial charge in [0.1, 0.15) is 0 Å². The van der Waals surface area contributed by atoms with Gasteiger partial charge < -0.3 is 0 Å². The summed E-state index contributed by atoms with van der Waals surface area (Å²) < 4.78 is 3.58. The average molecular weight is 258 g/mol. The van der Waals surface area contributed by atoms with E-state index < -0.39 is 0 Å². The van der Waals surface area contributed by atoms with Crippen LogP contribution in [0.15, 0.2) is 16.9 Å². The zero-order chi connectivity index (χ0) is 13.9. The lowest BCUT2D eigenvalue weighted by molar-refractivity contribution is 0.590. The molecule has 0 bridgehead atoms. The molecule has 0 saturated heterocycles. The fourth-order valence-electron chi connectivity index (χ4n) is 2.82. The van der Waals surface area contributed by atoms with Gasteiger partial charge in [-0.15, -0.1) is 0 Å². The standard InChI is InChI=1S/C16H22N2O/c1-16(2,3)11-8-12(10-6-7-10)14-13(9-11)17(4)15(19)18(14)5/h8-10H,6-7H2,1-5H3. The minimum absolute atomic E-state index is 0.0722. The maximum Gasteiger partial charge on any atom is 0.328 e. The van der Waals surface area contributed by atoms with Gasteiger partial charge in [0.05, 0.1) is 11.0 Å². The highest BCUT2D eigenvalue weighted by Gasteiger charge is 2.29. The van der Waals surface area contributed by atoms with Crippen molar-refractivity contribution in [3.63, 3.8) is 0 Å². The van der Waals surface area contributed by atoms with Crippen LogP contribution in [0.1, 0.15) is 50.7 Å². The van der Waals surface area contributed by atoms with Gasteiger partial charge in [0.25, 0.3) is 0 Å². The van der Waals surface area contributed by atoms with Crippen molar-refractivity contribution in [2.75, 3.05) is 0 Å². The lowest BCUT2D eigenvalue weighted by Crippen LogP contribution is -2.19. The van der Waals surface area contributed by atoms with Gasteiger partial charge in [-0.2, -0.15) is 0 Å². The van der Waals surface area contributed by atoms with E-state index in [9.17, 15) is 4.79 Å². The minimum Gasteiger partial charge on any atom is -0.295 e. The van der Waals surface area contributed by atoms with Crippen LogP contribution in [0, 0.1) is 0 Å². The molecule has 1 fully saturated rings. The number of hydrogen-bond acceptors (Lipinski definition) is 1. The van der Waals surface area contributed by atoms with Crippen molar-refractivity contribution in [2.24, 2.45) is 14.1 Å². The number of imidazole rings is 1. The van der Waals surface area contributed by atoms with Crippen LogP contribution in [0.25, 0.3) is 11.0 Å². The summed E-state index contributed by atoms with van der Waals surface area (Å²) in [5.74, 6) is 0.651. The molecule has 1 heterocycles. The second-order valence-electron chi connectivity index (χ2n) is 6.86. The van der Waals surface area contributed by atoms with Crippen molar-refractivity contribution in [3.05, 3.63) is 33.7 Å². The van der Waals surface area contributed by atoms with Crippen LogP contribution in [-0.4, -0.2) is 9.13 Å². The number of aryl methyl sites for hydroxylation is 2. The summed E-state index contributed by atoms with van der Waals surface area (Å²) in [5, 5.41) is 0. The fraction of sp³-hybridized carbons (Fsp3) is 0.562. The van der Waals surface area contributed by atoms with Gasteiger partial charge in [0, 0.05) is 14.1 Å². The van der Waals surface area contributed by atoms with Crippen LogP contribution >= 0.6 is 0 Å². The first kappa shape index (κ1) is 12.5. The minimum atomic E-state index is 0.0722. The summed E-state index contributed by atoms with van der Waals surface area (Å²) in [5.41, 5.74) is 5.07. The van der Waals surface area contributed by atoms with E-state index in [0.717, 1.165) is 11.0 Å². The Balaban J connectivity index is 2.42. The third-order valence-electron chi connectivity index (χ3n) is 4.27. The van der Waals surface area contributed by atoms with Crippen molar-refractivity contribution in [1.29, 1.82) is 0 Å². The second-order valence-corrected chi connectivity index (χ2v) is 6.86. The first-order chi connectivity index (χ1) is 8.80. The van der Waals surface area contributed by atoms with E-state index in [-0.39, 0.29) is 11.1 Å². The highest BCUT2D eigenvalue weighted by atomic mass is 16.1. The van der Waals surface area contributed by atoms with E-state index in [1.807, 2.05) is 14.1 Å². The van der Waals surface area contributed by atoms with Gasteiger partial charge in [-0.3, -0.25) is 9.13 Å². The normalized spacial score (nSPS) is 16.3. The maximum atomic E-state index is 12.2. The van der Waals surface area contributed by atoms with E-state index in [0.29, 0.717) is 5.92 Å². The Morgan fingerprint density at radius 3 is 2.26 bits per heavy atom. The third kappa shape index (κ3) is 1.83. The van der Waals surface area contributed by atoms with Crippen LogP contribution in [0.4, 0.5) is 0 Å². The molecule has 0 unspecified atom stereocenters. The molecule has 1 aromatic heterocycles. The van der Waals surface area contributed by atoms with E-state index in [4.69, 9.17) is 0 Å². The monoisotopic (exact) mass is 258 g/mol. The fourth-order valence-corrected chi connectivity index (χ4v) is 2.82. The van der Waals surface area contributed by atoms with Crippen molar-refractivity contribution >= 4 is 11.0 Å². The molecule has 0 amide bonds. The highest BCUT2D eigenvalue weighted by molar-refractivity contribution is 5.82. The maximum absolute atomic E-state index is 12.2. The largest absolute Gasteiger partial charge is 0.328 e. The predicted octanol–water partition coefficient (Wildman–Crippen LogP) is 3.05. The van der Waals surface area contributed by atoms with Crippen molar-refractivity contribution < 1.29 is 0 Å². The van der Waals surface area contributed by atoms with Crippen LogP contribution in [0.3, 0.4) is 0 Å². The van der Waals surface area contributed by atoms with E-state index >= 15 is 0 Å². The van der Waals surface area contributed by atoms with E-state index in [2.05, 4.69) is 32.9 Å². The Hall–Kier alpha value is -1.51. The molecule has 3 nitrogen and oxygen atoms in total. The lowest BCUT2D eigenvalue weighted by Gasteiger charge is -2.21. The molecule has 0 atom stereocenters. The molecule has 102 valence electrons. The van der Waals surface area contributed by atoms with Gasteiger partial charge >= 0.3 is 5.69 Å². The zero-order valence-corrected chi connectivity index (χ0v) is 12.4. The molecule has 0 N–H and O–H groups in total. The van der Waals surface area contributed by atoms with E-state index in [1.54, 1.807) is 9.13 Å². The average Bonchev–Trinajstić information content (AvgIpc) is 3.14. The number of nitrogens with zero attached hydrogens (tertiary/aromatic N) is 2. The first-order valence-corrected chi connectivity index (χ1v) is 7.00. The quantitative estimate of drug-likeness (QED) is 0.772. The highest BCUT2D eigenvalue weighted by Crippen LogP contribution is 2.44. The number of hydrogen-bond donors (Lipinski definition) is 0. The lowest BCUT2D eigenvalue weighted by atomic mass is 9.85. The second kappa shape index (κ2) is 3.75. The van der Waals surface area contributed by atoms with Gasteiger partial charge in [-0.25, -0.2) is 4.79 Å². The van der Waals surface area contributed by atoms with Crippen molar-refractivity contribution in [1.82, 2.24) is 9.13 Å². The third-order valence-corrected chi connectivity index (χ3v) is 4.27. The molecule has 3 rings (SSSR count). The van der Waals surface area contributed by atoms with Gasteiger partial charge in [-0.1, -0.05) is 26.8 Å². The van der Waals surface area contributed by atoms with Crippen LogP contribution in [0.2, 0.25) is 0 Å². The van der Waals surface area contributed by atoms with Gasteiger partial charge in [0.2, 0.25) is 0 Å². The SMILES string of the molecule is Cn1c(=O)n(C)c2c(C3CC3)cc(C(C)(C)C)cc21. The van der Waals surface area contributed by atoms with Gasteiger partial charge in [-0.05, 0) is 41.4 Å². The summed E-state index contributed by atoms with van der Waals surface area (Å²) in [6, 6.07) is 4.50. The Morgan fingerprint density at radius 2 is 1.74 bits per heavy atom. The molecular weight excluding hydrogens is 236 g/mol. The molecule has 1 aliphatic carbocycles. The summed E-state index contributed by atoms with van der Waals surface area (Å²) in [4.78, 5) is 12.2.